The van der Waals surface area contributed by atoms with Crippen LogP contribution in [-0.4, -0.2) is 30.5 Å². The third-order valence-corrected chi connectivity index (χ3v) is 4.89. The molecular formula is C18H18ClNO3. The van der Waals surface area contributed by atoms with E-state index in [1.807, 2.05) is 41.3 Å². The largest absolute Gasteiger partial charge is 0.469 e. The molecule has 2 aliphatic rings. The Morgan fingerprint density at radius 2 is 2.04 bits per heavy atom. The van der Waals surface area contributed by atoms with Gasteiger partial charge in [0.15, 0.2) is 0 Å². The Balaban J connectivity index is 1.41. The predicted molar refractivity (Wildman–Crippen MR) is 86.3 cm³/mol. The first-order valence-electron chi connectivity index (χ1n) is 7.91. The fraction of sp³-hybridized carbons (Fsp3) is 0.389. The molecule has 0 bridgehead atoms. The van der Waals surface area contributed by atoms with Gasteiger partial charge in [-0.15, -0.1) is 0 Å². The Morgan fingerprint density at radius 1 is 1.22 bits per heavy atom. The van der Waals surface area contributed by atoms with Crippen LogP contribution >= 0.6 is 11.6 Å². The van der Waals surface area contributed by atoms with Crippen molar-refractivity contribution in [3.8, 4) is 0 Å². The van der Waals surface area contributed by atoms with Crippen molar-refractivity contribution in [2.24, 2.45) is 5.92 Å². The van der Waals surface area contributed by atoms with Crippen LogP contribution in [0.15, 0.2) is 47.1 Å². The van der Waals surface area contributed by atoms with Gasteiger partial charge in [-0.25, -0.2) is 0 Å². The molecule has 0 N–H and O–H groups in total. The molecule has 0 unspecified atom stereocenters. The van der Waals surface area contributed by atoms with Crippen molar-refractivity contribution < 1.29 is 13.9 Å². The number of furan rings is 1. The summed E-state index contributed by atoms with van der Waals surface area (Å²) in [5.41, 5.74) is 1.06. The smallest absolute Gasteiger partial charge is 0.226 e. The highest BCUT2D eigenvalue weighted by molar-refractivity contribution is 6.30. The lowest BCUT2D eigenvalue weighted by atomic mass is 10.1. The number of amides is 1. The number of morpholine rings is 1. The van der Waals surface area contributed by atoms with Crippen LogP contribution in [0, 0.1) is 5.92 Å². The van der Waals surface area contributed by atoms with E-state index in [1.165, 1.54) is 0 Å². The lowest BCUT2D eigenvalue weighted by molar-refractivity contribution is -0.140. The Bertz CT molecular complexity index is 683. The summed E-state index contributed by atoms with van der Waals surface area (Å²) in [6.07, 6.45) is 2.47. The number of ether oxygens (including phenoxy) is 1. The predicted octanol–water partition coefficient (Wildman–Crippen LogP) is 3.64. The summed E-state index contributed by atoms with van der Waals surface area (Å²) in [7, 11) is 0. The van der Waals surface area contributed by atoms with Crippen LogP contribution < -0.4 is 0 Å². The SMILES string of the molecule is O=C([C@@H]1C[C@H]1c1ccco1)N1CCO[C@H](c2ccc(Cl)cc2)C1. The minimum atomic E-state index is -0.0780. The second kappa shape index (κ2) is 6.02. The first-order valence-corrected chi connectivity index (χ1v) is 8.29. The van der Waals surface area contributed by atoms with Gasteiger partial charge in [-0.3, -0.25) is 4.79 Å². The summed E-state index contributed by atoms with van der Waals surface area (Å²) in [5, 5.41) is 0.705. The van der Waals surface area contributed by atoms with Gasteiger partial charge in [0.2, 0.25) is 5.91 Å². The monoisotopic (exact) mass is 331 g/mol. The lowest BCUT2D eigenvalue weighted by Crippen LogP contribution is -2.43. The second-order valence-corrected chi connectivity index (χ2v) is 6.60. The van der Waals surface area contributed by atoms with Crippen LogP contribution in [0.1, 0.15) is 29.8 Å². The summed E-state index contributed by atoms with van der Waals surface area (Å²) in [4.78, 5) is 14.6. The molecule has 1 aliphatic carbocycles. The van der Waals surface area contributed by atoms with E-state index in [4.69, 9.17) is 20.8 Å². The highest BCUT2D eigenvalue weighted by Crippen LogP contribution is 2.48. The fourth-order valence-corrected chi connectivity index (χ4v) is 3.37. The molecule has 1 saturated heterocycles. The average molecular weight is 332 g/mol. The first-order chi connectivity index (χ1) is 11.2. The zero-order valence-corrected chi connectivity index (χ0v) is 13.4. The van der Waals surface area contributed by atoms with Gasteiger partial charge in [0, 0.05) is 23.4 Å². The normalized spacial score (nSPS) is 27.0. The zero-order valence-electron chi connectivity index (χ0n) is 12.7. The van der Waals surface area contributed by atoms with Crippen LogP contribution in [0.2, 0.25) is 5.02 Å². The van der Waals surface area contributed by atoms with Crippen molar-refractivity contribution >= 4 is 17.5 Å². The molecular weight excluding hydrogens is 314 g/mol. The molecule has 23 heavy (non-hydrogen) atoms. The molecule has 3 atom stereocenters. The number of rotatable bonds is 3. The maximum absolute atomic E-state index is 12.7. The number of carbonyl (C=O) groups excluding carboxylic acids is 1. The summed E-state index contributed by atoms with van der Waals surface area (Å²) in [6.45, 7) is 1.82. The van der Waals surface area contributed by atoms with E-state index >= 15 is 0 Å². The van der Waals surface area contributed by atoms with Crippen molar-refractivity contribution in [2.45, 2.75) is 18.4 Å². The van der Waals surface area contributed by atoms with Crippen molar-refractivity contribution in [1.29, 1.82) is 0 Å². The Morgan fingerprint density at radius 3 is 2.78 bits per heavy atom. The lowest BCUT2D eigenvalue weighted by Gasteiger charge is -2.33. The van der Waals surface area contributed by atoms with Crippen molar-refractivity contribution in [3.63, 3.8) is 0 Å². The summed E-state index contributed by atoms with van der Waals surface area (Å²) < 4.78 is 11.2. The molecule has 2 aromatic rings. The van der Waals surface area contributed by atoms with Gasteiger partial charge in [0.1, 0.15) is 11.9 Å². The minimum Gasteiger partial charge on any atom is -0.469 e. The molecule has 1 aromatic carbocycles. The van der Waals surface area contributed by atoms with Gasteiger partial charge < -0.3 is 14.1 Å². The molecule has 1 saturated carbocycles. The molecule has 1 amide bonds. The van der Waals surface area contributed by atoms with E-state index in [2.05, 4.69) is 0 Å². The van der Waals surface area contributed by atoms with E-state index in [1.54, 1.807) is 6.26 Å². The van der Waals surface area contributed by atoms with E-state index in [9.17, 15) is 4.79 Å². The number of carbonyl (C=O) groups is 1. The van der Waals surface area contributed by atoms with E-state index in [0.717, 1.165) is 17.7 Å². The third-order valence-electron chi connectivity index (χ3n) is 4.64. The third kappa shape index (κ3) is 3.01. The molecule has 0 radical (unpaired) electrons. The maximum Gasteiger partial charge on any atom is 0.226 e. The summed E-state index contributed by atoms with van der Waals surface area (Å²) in [5.74, 6) is 1.44. The average Bonchev–Trinajstić information content (AvgIpc) is 3.20. The van der Waals surface area contributed by atoms with Crippen LogP contribution in [0.25, 0.3) is 0 Å². The van der Waals surface area contributed by atoms with Crippen molar-refractivity contribution in [3.05, 3.63) is 59.0 Å². The van der Waals surface area contributed by atoms with Gasteiger partial charge in [-0.1, -0.05) is 23.7 Å². The molecule has 4 rings (SSSR count). The molecule has 1 aliphatic heterocycles. The number of hydrogen-bond donors (Lipinski definition) is 0. The highest BCUT2D eigenvalue weighted by atomic mass is 35.5. The molecule has 0 spiro atoms. The quantitative estimate of drug-likeness (QED) is 0.862. The molecule has 5 heteroatoms. The molecule has 2 heterocycles. The van der Waals surface area contributed by atoms with Gasteiger partial charge in [0.05, 0.1) is 19.4 Å². The van der Waals surface area contributed by atoms with Gasteiger partial charge in [-0.05, 0) is 36.2 Å². The number of halogens is 1. The van der Waals surface area contributed by atoms with Crippen molar-refractivity contribution in [1.82, 2.24) is 4.90 Å². The van der Waals surface area contributed by atoms with Gasteiger partial charge in [0.25, 0.3) is 0 Å². The summed E-state index contributed by atoms with van der Waals surface area (Å²) in [6, 6.07) is 11.5. The summed E-state index contributed by atoms with van der Waals surface area (Å²) >= 11 is 5.93. The Labute approximate surface area is 140 Å². The minimum absolute atomic E-state index is 0.0603. The van der Waals surface area contributed by atoms with Gasteiger partial charge >= 0.3 is 0 Å². The second-order valence-electron chi connectivity index (χ2n) is 6.16. The first kappa shape index (κ1) is 14.8. The van der Waals surface area contributed by atoms with Gasteiger partial charge in [-0.2, -0.15) is 0 Å². The Kier molecular flexibility index (Phi) is 3.87. The standard InChI is InChI=1S/C18H18ClNO3/c19-13-5-3-12(4-6-13)17-11-20(7-9-23-17)18(21)15-10-14(15)16-2-1-8-22-16/h1-6,8,14-15,17H,7,9-11H2/t14-,15-,17+/m1/s1. The van der Waals surface area contributed by atoms with Crippen LogP contribution in [0.3, 0.4) is 0 Å². The molecule has 2 fully saturated rings. The van der Waals surface area contributed by atoms with E-state index in [-0.39, 0.29) is 23.8 Å². The topological polar surface area (TPSA) is 42.7 Å². The molecule has 1 aromatic heterocycles. The van der Waals surface area contributed by atoms with Crippen molar-refractivity contribution in [2.75, 3.05) is 19.7 Å². The van der Waals surface area contributed by atoms with Crippen LogP contribution in [0.5, 0.6) is 0 Å². The van der Waals surface area contributed by atoms with E-state index < -0.39 is 0 Å². The molecule has 120 valence electrons. The fourth-order valence-electron chi connectivity index (χ4n) is 3.25. The maximum atomic E-state index is 12.7. The van der Waals surface area contributed by atoms with E-state index in [0.29, 0.717) is 24.7 Å². The molecule has 4 nitrogen and oxygen atoms in total. The van der Waals surface area contributed by atoms with Crippen LogP contribution in [-0.2, 0) is 9.53 Å². The number of nitrogens with zero attached hydrogens (tertiary/aromatic N) is 1. The Hall–Kier alpha value is -1.78. The number of benzene rings is 1. The highest BCUT2D eigenvalue weighted by Gasteiger charge is 2.48. The number of hydrogen-bond acceptors (Lipinski definition) is 3. The zero-order chi connectivity index (χ0) is 15.8. The van der Waals surface area contributed by atoms with Crippen LogP contribution in [0.4, 0.5) is 0 Å².